The fourth-order valence-corrected chi connectivity index (χ4v) is 15.9. The summed E-state index contributed by atoms with van der Waals surface area (Å²) in [5.41, 5.74) is 1.23. The molecule has 10 N–H and O–H groups in total. The number of hydrogen-bond donors (Lipinski definition) is 10. The minimum Gasteiger partial charge on any atom is -0.490 e. The smallest absolute Gasteiger partial charge is 0.326 e. The molecule has 31 heteroatoms. The Hall–Kier alpha value is -11.4. The summed E-state index contributed by atoms with van der Waals surface area (Å²) in [5, 5.41) is 43.6. The second kappa shape index (κ2) is 38.1. The Kier molecular flexibility index (Phi) is 28.2. The van der Waals surface area contributed by atoms with E-state index in [4.69, 9.17) is 14.2 Å². The van der Waals surface area contributed by atoms with Crippen LogP contribution in [-0.4, -0.2) is 210 Å². The molecule has 0 spiro atoms. The molecule has 9 amide bonds. The lowest BCUT2D eigenvalue weighted by Crippen LogP contribution is -2.61. The molecule has 2 saturated heterocycles. The van der Waals surface area contributed by atoms with E-state index in [0.29, 0.717) is 57.9 Å². The van der Waals surface area contributed by atoms with Gasteiger partial charge in [0.05, 0.1) is 42.3 Å². The number of hydrogen-bond acceptors (Lipinski definition) is 19. The highest BCUT2D eigenvalue weighted by Gasteiger charge is 2.50. The maximum atomic E-state index is 15.8. The van der Waals surface area contributed by atoms with Crippen LogP contribution < -0.4 is 56.7 Å². The van der Waals surface area contributed by atoms with Gasteiger partial charge in [0.15, 0.2) is 0 Å². The van der Waals surface area contributed by atoms with Gasteiger partial charge in [-0.3, -0.25) is 47.9 Å². The minimum absolute atomic E-state index is 0.0268. The molecule has 12 atom stereocenters. The molecule has 6 aliphatic heterocycles. The molecule has 1 aromatic heterocycles. The predicted molar refractivity (Wildman–Crippen MR) is 436 cm³/mol. The number of benzene rings is 6. The fraction of sp³-hybridized carbons (Fsp3) is 0.442. The zero-order chi connectivity index (χ0) is 84.0. The molecular weight excluding hydrogens is 1520 g/mol. The number of carbonyl (C=O) groups excluding carboxylic acids is 9. The topological polar surface area (TPSA) is 398 Å². The monoisotopic (exact) mass is 1620 g/mol. The number of likely N-dealkylation sites (N-methyl/N-ethyl adjacent to an activating group) is 2. The molecule has 10 bridgehead atoms. The number of rotatable bonds is 17. The molecule has 30 nitrogen and oxygen atoms in total. The van der Waals surface area contributed by atoms with Crippen LogP contribution in [-0.2, 0) is 88.6 Å². The van der Waals surface area contributed by atoms with E-state index in [0.717, 1.165) is 10.8 Å². The lowest BCUT2D eigenvalue weighted by molar-refractivity contribution is -0.145. The Morgan fingerprint density at radius 2 is 1.11 bits per heavy atom. The fourth-order valence-electron chi connectivity index (χ4n) is 14.6. The van der Waals surface area contributed by atoms with Crippen molar-refractivity contribution >= 4 is 79.9 Å². The Labute approximate surface area is 681 Å². The lowest BCUT2D eigenvalue weighted by atomic mass is 9.84. The summed E-state index contributed by atoms with van der Waals surface area (Å²) in [5.74, 6) is -8.03. The van der Waals surface area contributed by atoms with Gasteiger partial charge >= 0.3 is 5.97 Å². The van der Waals surface area contributed by atoms with Crippen LogP contribution in [0.2, 0.25) is 0 Å². The van der Waals surface area contributed by atoms with Crippen molar-refractivity contribution in [2.75, 3.05) is 40.4 Å². The van der Waals surface area contributed by atoms with Gasteiger partial charge in [0.2, 0.25) is 57.3 Å². The quantitative estimate of drug-likeness (QED) is 0.0544. The summed E-state index contributed by atoms with van der Waals surface area (Å²) in [6, 6.07) is 30.8. The van der Waals surface area contributed by atoms with Gasteiger partial charge in [0.25, 0.3) is 5.91 Å². The number of likely N-dealkylation sites (tertiary alicyclic amines) is 2. The zero-order valence-electron chi connectivity index (χ0n) is 67.4. The normalized spacial score (nSPS) is 22.4. The molecule has 3 fully saturated rings. The average molecular weight is 1620 g/mol. The van der Waals surface area contributed by atoms with Crippen LogP contribution in [0.3, 0.4) is 0 Å². The molecule has 622 valence electrons. The van der Waals surface area contributed by atoms with Crippen LogP contribution >= 0.6 is 0 Å². The van der Waals surface area contributed by atoms with E-state index in [1.54, 1.807) is 197 Å². The maximum Gasteiger partial charge on any atom is 0.326 e. The summed E-state index contributed by atoms with van der Waals surface area (Å²) in [4.78, 5) is 150. The number of carboxylic acid groups (broad SMARTS) is 1. The Morgan fingerprint density at radius 1 is 0.590 bits per heavy atom. The lowest BCUT2D eigenvalue weighted by Gasteiger charge is -2.36. The summed E-state index contributed by atoms with van der Waals surface area (Å²) in [6.45, 7) is 13.6. The SMILES string of the molecule is CN[C@@H](C)C(=O)N[C@H](C(=O)N1C[C@@H]2C[C@H]1C(=O)N[C@@H](Cc1ccc3ccccc3c1)C(=O)N[C@H](C(=O)O)Cc1ccc(cc1)OC/C=C/CO[C@H]1C[C@@H](C(=O)N[C@@H](C(c3ccccc3)c3ccccc3)C(=O)N[C@H](C(=O)NS(=O)(=O)C3CC3)Cc3ccc(cc3)OCc3cn2nn3)N(C(=O)[C@@H](NC(=O)[C@H](C)NC)C(C)(C)C)C1)C(C)(C)C. The first-order chi connectivity index (χ1) is 55.7. The number of nitrogens with one attached hydrogen (secondary N) is 9. The second-order valence-electron chi connectivity index (χ2n) is 32.6. The summed E-state index contributed by atoms with van der Waals surface area (Å²) >= 11 is 0. The van der Waals surface area contributed by atoms with Gasteiger partial charge in [0.1, 0.15) is 78.7 Å². The van der Waals surface area contributed by atoms with Crippen molar-refractivity contribution in [3.63, 3.8) is 0 Å². The van der Waals surface area contributed by atoms with Gasteiger partial charge in [-0.15, -0.1) is 5.10 Å². The van der Waals surface area contributed by atoms with Crippen LogP contribution in [0.25, 0.3) is 10.8 Å². The molecule has 7 aromatic rings. The molecule has 1 aliphatic carbocycles. The highest BCUT2D eigenvalue weighted by Crippen LogP contribution is 2.35. The van der Waals surface area contributed by atoms with Gasteiger partial charge in [-0.05, 0) is 121 Å². The Morgan fingerprint density at radius 3 is 1.68 bits per heavy atom. The largest absolute Gasteiger partial charge is 0.490 e. The number of aliphatic carboxylic acids is 1. The first kappa shape index (κ1) is 86.4. The van der Waals surface area contributed by atoms with Gasteiger partial charge < -0.3 is 71.7 Å². The molecule has 14 rings (SSSR count). The third-order valence-corrected chi connectivity index (χ3v) is 23.6. The zero-order valence-corrected chi connectivity index (χ0v) is 68.3. The summed E-state index contributed by atoms with van der Waals surface area (Å²) in [7, 11) is -0.998. The van der Waals surface area contributed by atoms with Gasteiger partial charge in [-0.25, -0.2) is 17.9 Å². The van der Waals surface area contributed by atoms with Gasteiger partial charge in [-0.1, -0.05) is 180 Å². The summed E-state index contributed by atoms with van der Waals surface area (Å²) in [6.07, 6.45) is 4.13. The molecule has 7 heterocycles. The number of nitrogens with zero attached hydrogens (tertiary/aromatic N) is 5. The highest BCUT2D eigenvalue weighted by atomic mass is 32.2. The Bertz CT molecular complexity index is 4820. The number of carboxylic acids is 1. The van der Waals surface area contributed by atoms with E-state index in [-0.39, 0.29) is 65.0 Å². The first-order valence-electron chi connectivity index (χ1n) is 39.5. The number of fused-ring (bicyclic) bond motifs is 1. The molecule has 0 radical (unpaired) electrons. The number of ether oxygens (including phenoxy) is 3. The van der Waals surface area contributed by atoms with Crippen molar-refractivity contribution in [1.29, 1.82) is 0 Å². The van der Waals surface area contributed by atoms with Crippen LogP contribution in [0, 0.1) is 10.8 Å². The first-order valence-corrected chi connectivity index (χ1v) is 41.0. The highest BCUT2D eigenvalue weighted by molar-refractivity contribution is 7.91. The van der Waals surface area contributed by atoms with E-state index < -0.39 is 164 Å². The maximum absolute atomic E-state index is 15.8. The van der Waals surface area contributed by atoms with Gasteiger partial charge in [-0.2, -0.15) is 0 Å². The van der Waals surface area contributed by atoms with Crippen molar-refractivity contribution < 1.29 is 75.7 Å². The van der Waals surface area contributed by atoms with Crippen LogP contribution in [0.5, 0.6) is 11.5 Å². The van der Waals surface area contributed by atoms with Crippen LogP contribution in [0.15, 0.2) is 170 Å². The van der Waals surface area contributed by atoms with E-state index in [1.807, 2.05) is 42.5 Å². The van der Waals surface area contributed by atoms with Gasteiger partial charge in [0, 0.05) is 51.1 Å². The van der Waals surface area contributed by atoms with Crippen LogP contribution in [0.4, 0.5) is 0 Å². The third-order valence-electron chi connectivity index (χ3n) is 21.7. The van der Waals surface area contributed by atoms with Crippen molar-refractivity contribution in [1.82, 2.24) is 72.1 Å². The van der Waals surface area contributed by atoms with E-state index in [1.165, 1.54) is 14.5 Å². The predicted octanol–water partition coefficient (Wildman–Crippen LogP) is 4.86. The number of aromatic nitrogens is 3. The van der Waals surface area contributed by atoms with E-state index in [2.05, 4.69) is 57.6 Å². The van der Waals surface area contributed by atoms with E-state index >= 15 is 24.0 Å². The third kappa shape index (κ3) is 22.4. The van der Waals surface area contributed by atoms with E-state index in [9.17, 15) is 37.5 Å². The van der Waals surface area contributed by atoms with Crippen molar-refractivity contribution in [3.8, 4) is 11.5 Å². The minimum atomic E-state index is -4.21. The molecule has 7 aliphatic rings. The second-order valence-corrected chi connectivity index (χ2v) is 34.6. The molecular formula is C86H106N14O16S. The average Bonchev–Trinajstić information content (AvgIpc) is 1.68. The van der Waals surface area contributed by atoms with Crippen molar-refractivity contribution in [3.05, 3.63) is 204 Å². The number of carbonyl (C=O) groups is 10. The standard InChI is InChI=1S/C86H106N14O16S/c1-51(87-9)75(101)93-73(85(3,4)5)82(108)98-48-61-45-69(98)79(105)89-66(44-55-27-32-56-21-17-18-26-59(56)41-55)77(103)91-68(84(110)111)43-54-28-33-62(34-29-54)114-39-19-20-40-115-64-46-70(99(49-64)83(109)74(86(6,7)8)94-76(102)52(2)88-10)80(106)92-72(71(57-22-13-11-14-23-57)58-24-15-12-16-25-58)81(107)90-67(78(104)96-117(112,113)65-37-38-65)42-53-30-35-63(36-31-53)116-50-60-47-100(61)97-95-60/h11-36,41,47,51-52,61,64-74,87-88H,37-40,42-46,48-50H2,1-10H3,(H,89,105)(H,90,107)(H,91,103)(H,92,106)(H,93,101)(H,94,102)(H,96,104)(H,110,111)/b20-19+/t51-,52-,61-,64-,66-,67-,68-,69-,70-,72-,73+,74+/m0/s1. The van der Waals surface area contributed by atoms with Crippen LogP contribution in [0.1, 0.15) is 127 Å². The molecule has 6 aromatic carbocycles. The molecule has 1 saturated carbocycles. The number of amides is 9. The van der Waals surface area contributed by atoms with Crippen molar-refractivity contribution in [2.45, 2.75) is 191 Å². The Balaban J connectivity index is 0.941. The molecule has 0 unspecified atom stereocenters. The molecule has 117 heavy (non-hydrogen) atoms. The summed E-state index contributed by atoms with van der Waals surface area (Å²) < 4.78 is 49.8. The number of sulfonamides is 1. The van der Waals surface area contributed by atoms with Crippen molar-refractivity contribution in [2.24, 2.45) is 10.8 Å².